The quantitative estimate of drug-likeness (QED) is 0.0137. The number of ether oxygens (including phenoxy) is 4. The molecule has 4 aliphatic heterocycles. The SMILES string of the molecule is CCCCCc1cc(O)c2c(c1)OC(C)(CCC=C(C)C)C=C2.CCCCCc1cc2c(c(O)c1C(=O)O)C=CC(C)(CCC=C(C)C)O2.CCCc1cc(O)c(C/C=C(\C)CCC=C(C)C)c(O)c1C(=O)O.CCCc1cc(O)c2c(c1)OC(C)(CCC=C(C)C)C=C2.CCCc1cc2c(c(O)c1C(=O)O)C=CC(C)(CCC=C(C)C)O2. The van der Waals surface area contributed by atoms with Crippen LogP contribution < -0.4 is 18.9 Å². The van der Waals surface area contributed by atoms with Crippen LogP contribution in [0.3, 0.4) is 0 Å². The molecule has 4 heterocycles. The number of rotatable bonds is 34. The van der Waals surface area contributed by atoms with Crippen molar-refractivity contribution in [2.24, 2.45) is 0 Å². The molecule has 644 valence electrons. The molecule has 0 radical (unpaired) electrons. The zero-order valence-electron chi connectivity index (χ0n) is 74.7. The number of allylic oxidation sites excluding steroid dienone is 12. The number of aromatic carboxylic acids is 3. The predicted molar refractivity (Wildman–Crippen MR) is 485 cm³/mol. The van der Waals surface area contributed by atoms with Gasteiger partial charge < -0.3 is 64.9 Å². The van der Waals surface area contributed by atoms with Crippen LogP contribution in [0.2, 0.25) is 0 Å². The summed E-state index contributed by atoms with van der Waals surface area (Å²) in [6, 6.07) is 12.9. The first-order chi connectivity index (χ1) is 55.7. The van der Waals surface area contributed by atoms with Crippen LogP contribution in [0.4, 0.5) is 0 Å². The van der Waals surface area contributed by atoms with Crippen molar-refractivity contribution >= 4 is 42.2 Å². The van der Waals surface area contributed by atoms with Crippen molar-refractivity contribution in [1.29, 1.82) is 0 Å². The first-order valence-corrected chi connectivity index (χ1v) is 42.8. The number of unbranched alkanes of at least 4 members (excludes halogenated alkanes) is 4. The van der Waals surface area contributed by atoms with Gasteiger partial charge in [-0.3, -0.25) is 0 Å². The molecule has 0 bridgehead atoms. The number of fused-ring (bicyclic) bond motifs is 4. The Bertz CT molecular complexity index is 4560. The smallest absolute Gasteiger partial charge is 0.339 e. The molecule has 0 saturated heterocycles. The minimum Gasteiger partial charge on any atom is -0.508 e. The van der Waals surface area contributed by atoms with Gasteiger partial charge in [0.2, 0.25) is 0 Å². The Balaban J connectivity index is 0.000000263. The summed E-state index contributed by atoms with van der Waals surface area (Å²) in [4.78, 5) is 34.6. The molecule has 5 aromatic rings. The highest BCUT2D eigenvalue weighted by Crippen LogP contribution is 2.46. The summed E-state index contributed by atoms with van der Waals surface area (Å²) in [5.74, 6) is -0.727. The molecule has 0 amide bonds. The number of carboxylic acid groups (broad SMARTS) is 3. The van der Waals surface area contributed by atoms with E-state index in [-0.39, 0.29) is 56.5 Å². The van der Waals surface area contributed by atoms with Gasteiger partial charge >= 0.3 is 17.9 Å². The van der Waals surface area contributed by atoms with Crippen LogP contribution in [-0.2, 0) is 38.5 Å². The molecule has 4 unspecified atom stereocenters. The summed E-state index contributed by atoms with van der Waals surface area (Å²) in [7, 11) is 0. The third-order valence-corrected chi connectivity index (χ3v) is 21.2. The van der Waals surface area contributed by atoms with Gasteiger partial charge in [0.1, 0.15) is 96.6 Å². The van der Waals surface area contributed by atoms with Gasteiger partial charge in [0.25, 0.3) is 0 Å². The van der Waals surface area contributed by atoms with Crippen LogP contribution >= 0.6 is 0 Å². The maximum atomic E-state index is 11.7. The first-order valence-electron chi connectivity index (χ1n) is 42.8. The fourth-order valence-corrected chi connectivity index (χ4v) is 14.5. The number of aromatic hydroxyl groups is 6. The maximum Gasteiger partial charge on any atom is 0.339 e. The van der Waals surface area contributed by atoms with E-state index in [2.05, 4.69) is 159 Å². The summed E-state index contributed by atoms with van der Waals surface area (Å²) in [5, 5.41) is 90.2. The lowest BCUT2D eigenvalue weighted by molar-refractivity contribution is 0.0680. The molecule has 9 rings (SSSR count). The summed E-state index contributed by atoms with van der Waals surface area (Å²) >= 11 is 0. The Hall–Kier alpha value is -10.1. The van der Waals surface area contributed by atoms with Crippen LogP contribution in [0.15, 0.2) is 137 Å². The second kappa shape index (κ2) is 46.9. The number of carbonyl (C=O) groups is 3. The molecular formula is C102H140O16. The summed E-state index contributed by atoms with van der Waals surface area (Å²) in [5.41, 5.74) is 12.8. The van der Waals surface area contributed by atoms with Crippen LogP contribution in [0, 0.1) is 0 Å². The monoisotopic (exact) mass is 1620 g/mol. The van der Waals surface area contributed by atoms with Gasteiger partial charge in [0.15, 0.2) is 0 Å². The normalized spacial score (nSPS) is 17.4. The largest absolute Gasteiger partial charge is 0.508 e. The molecule has 16 nitrogen and oxygen atoms in total. The van der Waals surface area contributed by atoms with Gasteiger partial charge in [-0.1, -0.05) is 149 Å². The van der Waals surface area contributed by atoms with Crippen LogP contribution in [0.25, 0.3) is 24.3 Å². The van der Waals surface area contributed by atoms with E-state index >= 15 is 0 Å². The van der Waals surface area contributed by atoms with Crippen LogP contribution in [-0.4, -0.2) is 86.3 Å². The van der Waals surface area contributed by atoms with Gasteiger partial charge in [-0.2, -0.15) is 0 Å². The molecule has 0 aromatic heterocycles. The number of hydrogen-bond donors (Lipinski definition) is 9. The molecule has 0 spiro atoms. The second-order valence-corrected chi connectivity index (χ2v) is 34.1. The number of phenolic OH excluding ortho intramolecular Hbond substituents is 3. The lowest BCUT2D eigenvalue weighted by atomic mass is 9.91. The van der Waals surface area contributed by atoms with Gasteiger partial charge in [0, 0.05) is 5.56 Å². The molecule has 0 saturated carbocycles. The molecule has 16 heteroatoms. The van der Waals surface area contributed by atoms with E-state index in [4.69, 9.17) is 18.9 Å². The fourth-order valence-electron chi connectivity index (χ4n) is 14.5. The van der Waals surface area contributed by atoms with E-state index in [1.807, 2.05) is 77.1 Å². The summed E-state index contributed by atoms with van der Waals surface area (Å²) in [6.07, 6.45) is 50.7. The van der Waals surface area contributed by atoms with Gasteiger partial charge in [-0.15, -0.1) is 0 Å². The third kappa shape index (κ3) is 30.4. The van der Waals surface area contributed by atoms with E-state index in [9.17, 15) is 60.3 Å². The maximum absolute atomic E-state index is 11.7. The summed E-state index contributed by atoms with van der Waals surface area (Å²) < 4.78 is 24.8. The average Bonchev–Trinajstić information content (AvgIpc) is 0.745. The molecular weight excluding hydrogens is 1480 g/mol. The first kappa shape index (κ1) is 98.5. The van der Waals surface area contributed by atoms with Gasteiger partial charge in [0.05, 0.1) is 22.3 Å². The minimum absolute atomic E-state index is 0.00115. The third-order valence-electron chi connectivity index (χ3n) is 21.2. The zero-order chi connectivity index (χ0) is 87.8. The second-order valence-electron chi connectivity index (χ2n) is 34.1. The molecule has 5 aromatic carbocycles. The van der Waals surface area contributed by atoms with Crippen molar-refractivity contribution in [2.45, 2.75) is 321 Å². The van der Waals surface area contributed by atoms with Crippen molar-refractivity contribution in [1.82, 2.24) is 0 Å². The number of phenols is 6. The number of aryl methyl sites for hydroxylation is 5. The molecule has 118 heavy (non-hydrogen) atoms. The Morgan fingerprint density at radius 2 is 0.653 bits per heavy atom. The topological polar surface area (TPSA) is 270 Å². The zero-order valence-corrected chi connectivity index (χ0v) is 74.7. The lowest BCUT2D eigenvalue weighted by Gasteiger charge is -2.32. The Kier molecular flexibility index (Phi) is 39.1. The lowest BCUT2D eigenvalue weighted by Crippen LogP contribution is -2.32. The Morgan fingerprint density at radius 1 is 0.339 bits per heavy atom. The standard InChI is InChI=1S/C22H30O4.C21H30O2.C20H26O4.C20H28O4.C19H26O2/c1-5-6-7-10-16-14-18-17(20(23)19(16)21(24)25)11-13-22(4,26-18)12-8-9-15(2)3;1-5-6-7-10-17-14-19(22)18-11-13-21(4,23-20(18)15-17)12-8-9-16(2)3;1-5-7-14-12-16-15(18(21)17(14)19(22)23)9-11-20(4,24-16)10-6-8-13(2)3;1-5-7-15-12-17(21)16(19(22)18(15)20(23)24)11-10-14(4)9-6-8-13(2)3;1-5-7-15-12-17(20)16-9-11-19(4,21-18(16)13-15)10-6-8-14(2)3/h9,11,13-14,23H,5-8,10,12H2,1-4H3,(H,24,25);9,11,13-15,22H,5-8,10,12H2,1-4H3;8-9,11-12,21H,5-7,10H2,1-4H3,(H,22,23);8,10,12,21-22H,5-7,9,11H2,1-4H3,(H,23,24);8-9,11-13,20H,5-7,10H2,1-4H3/b;;;14-10+;. The average molecular weight is 1620 g/mol. The fraction of sp³-hybridized carbons (Fsp3) is 0.480. The predicted octanol–water partition coefficient (Wildman–Crippen LogP) is 27.0. The van der Waals surface area contributed by atoms with E-state index < -0.39 is 29.1 Å². The molecule has 4 aliphatic rings. The highest BCUT2D eigenvalue weighted by atomic mass is 16.5. The highest BCUT2D eigenvalue weighted by Gasteiger charge is 2.35. The van der Waals surface area contributed by atoms with Crippen molar-refractivity contribution in [3.8, 4) is 57.5 Å². The number of hydrogen-bond acceptors (Lipinski definition) is 13. The van der Waals surface area contributed by atoms with E-state index in [0.29, 0.717) is 76.5 Å². The molecule has 0 aliphatic carbocycles. The minimum atomic E-state index is -1.17. The number of benzene rings is 5. The van der Waals surface area contributed by atoms with E-state index in [1.54, 1.807) is 24.3 Å². The number of carboxylic acids is 3. The van der Waals surface area contributed by atoms with Crippen molar-refractivity contribution in [2.75, 3.05) is 0 Å². The van der Waals surface area contributed by atoms with E-state index in [0.717, 1.165) is 161 Å². The molecule has 4 atom stereocenters. The van der Waals surface area contributed by atoms with Crippen molar-refractivity contribution in [3.05, 3.63) is 209 Å². The Morgan fingerprint density at radius 3 is 1.00 bits per heavy atom. The van der Waals surface area contributed by atoms with Crippen molar-refractivity contribution in [3.63, 3.8) is 0 Å². The van der Waals surface area contributed by atoms with Gasteiger partial charge in [-0.25, -0.2) is 14.4 Å². The Labute approximate surface area is 705 Å². The van der Waals surface area contributed by atoms with Crippen molar-refractivity contribution < 1.29 is 79.3 Å². The van der Waals surface area contributed by atoms with Gasteiger partial charge in [-0.05, 0) is 338 Å². The summed E-state index contributed by atoms with van der Waals surface area (Å²) in [6.45, 7) is 41.5. The van der Waals surface area contributed by atoms with Crippen LogP contribution in [0.1, 0.15) is 347 Å². The molecule has 9 N–H and O–H groups in total. The molecule has 0 fully saturated rings. The highest BCUT2D eigenvalue weighted by molar-refractivity contribution is 5.96. The van der Waals surface area contributed by atoms with E-state index in [1.165, 1.54) is 46.8 Å². The van der Waals surface area contributed by atoms with Crippen LogP contribution in [0.5, 0.6) is 57.5 Å².